The minimum Gasteiger partial charge on any atom is -0.491 e. The first-order valence-electron chi connectivity index (χ1n) is 7.43. The summed E-state index contributed by atoms with van der Waals surface area (Å²) in [6.45, 7) is 4.26. The highest BCUT2D eigenvalue weighted by atomic mass is 16.5. The van der Waals surface area contributed by atoms with Crippen molar-refractivity contribution in [2.75, 3.05) is 7.05 Å². The monoisotopic (exact) mass is 329 g/mol. The first-order valence-corrected chi connectivity index (χ1v) is 7.43. The molecule has 0 aliphatic heterocycles. The second kappa shape index (κ2) is 7.54. The maximum absolute atomic E-state index is 12.3. The van der Waals surface area contributed by atoms with Crippen molar-refractivity contribution in [2.24, 2.45) is 0 Å². The van der Waals surface area contributed by atoms with Crippen LogP contribution in [0.1, 0.15) is 40.4 Å². The number of nitrogens with zero attached hydrogens (tertiary/aromatic N) is 3. The predicted molar refractivity (Wildman–Crippen MR) is 87.0 cm³/mol. The van der Waals surface area contributed by atoms with Crippen LogP contribution in [-0.2, 0) is 6.54 Å². The molecule has 0 spiro atoms. The molecule has 0 saturated carbocycles. The van der Waals surface area contributed by atoms with Gasteiger partial charge in [-0.2, -0.15) is 0 Å². The van der Waals surface area contributed by atoms with Gasteiger partial charge >= 0.3 is 5.97 Å². The van der Waals surface area contributed by atoms with Crippen molar-refractivity contribution in [1.82, 2.24) is 14.9 Å². The smallest absolute Gasteiger partial charge is 0.356 e. The van der Waals surface area contributed by atoms with Gasteiger partial charge < -0.3 is 14.7 Å². The SMILES string of the molecule is CC(C)Oc1cccc(CN(C)C(=O)c2cnc(C(=O)O)cn2)c1. The van der Waals surface area contributed by atoms with E-state index in [-0.39, 0.29) is 23.4 Å². The van der Waals surface area contributed by atoms with Gasteiger partial charge in [0, 0.05) is 13.6 Å². The zero-order valence-corrected chi connectivity index (χ0v) is 13.8. The van der Waals surface area contributed by atoms with Crippen LogP contribution in [0.25, 0.3) is 0 Å². The van der Waals surface area contributed by atoms with E-state index in [2.05, 4.69) is 9.97 Å². The molecule has 0 unspecified atom stereocenters. The molecule has 0 aliphatic rings. The molecular weight excluding hydrogens is 310 g/mol. The van der Waals surface area contributed by atoms with Gasteiger partial charge in [-0.1, -0.05) is 12.1 Å². The number of benzene rings is 1. The van der Waals surface area contributed by atoms with Gasteiger partial charge in [0.1, 0.15) is 11.4 Å². The number of amides is 1. The Kier molecular flexibility index (Phi) is 5.47. The molecule has 1 aromatic carbocycles. The first-order chi connectivity index (χ1) is 11.4. The predicted octanol–water partition coefficient (Wildman–Crippen LogP) is 2.23. The molecule has 0 radical (unpaired) electrons. The summed E-state index contributed by atoms with van der Waals surface area (Å²) in [5, 5.41) is 8.80. The van der Waals surface area contributed by atoms with Crippen LogP contribution in [0.2, 0.25) is 0 Å². The fourth-order valence-corrected chi connectivity index (χ4v) is 2.08. The lowest BCUT2D eigenvalue weighted by molar-refractivity contribution is 0.0687. The van der Waals surface area contributed by atoms with Crippen LogP contribution < -0.4 is 4.74 Å². The van der Waals surface area contributed by atoms with Gasteiger partial charge in [0.25, 0.3) is 5.91 Å². The molecule has 1 N–H and O–H groups in total. The first kappa shape index (κ1) is 17.4. The Bertz CT molecular complexity index is 729. The van der Waals surface area contributed by atoms with E-state index in [9.17, 15) is 9.59 Å². The molecule has 1 heterocycles. The lowest BCUT2D eigenvalue weighted by atomic mass is 10.2. The van der Waals surface area contributed by atoms with Crippen molar-refractivity contribution < 1.29 is 19.4 Å². The number of rotatable bonds is 6. The molecule has 0 aliphatic carbocycles. The largest absolute Gasteiger partial charge is 0.491 e. The highest BCUT2D eigenvalue weighted by Gasteiger charge is 2.15. The molecule has 2 rings (SSSR count). The molecule has 0 bridgehead atoms. The number of hydrogen-bond donors (Lipinski definition) is 1. The van der Waals surface area contributed by atoms with E-state index in [1.807, 2.05) is 38.1 Å². The minimum atomic E-state index is -1.18. The van der Waals surface area contributed by atoms with Gasteiger partial charge in [-0.05, 0) is 31.5 Å². The fourth-order valence-electron chi connectivity index (χ4n) is 2.08. The Morgan fingerprint density at radius 3 is 2.46 bits per heavy atom. The van der Waals surface area contributed by atoms with Gasteiger partial charge in [0.05, 0.1) is 18.5 Å². The average Bonchev–Trinajstić information content (AvgIpc) is 2.54. The molecule has 2 aromatic rings. The number of carbonyl (C=O) groups excluding carboxylic acids is 1. The van der Waals surface area contributed by atoms with Crippen LogP contribution >= 0.6 is 0 Å². The third-order valence-electron chi connectivity index (χ3n) is 3.13. The number of hydrogen-bond acceptors (Lipinski definition) is 5. The molecule has 126 valence electrons. The Morgan fingerprint density at radius 1 is 1.21 bits per heavy atom. The summed E-state index contributed by atoms with van der Waals surface area (Å²) in [5.41, 5.74) is 0.809. The third kappa shape index (κ3) is 4.52. The Hall–Kier alpha value is -2.96. The van der Waals surface area contributed by atoms with Gasteiger partial charge in [0.2, 0.25) is 0 Å². The Morgan fingerprint density at radius 2 is 1.88 bits per heavy atom. The summed E-state index contributed by atoms with van der Waals surface area (Å²) in [6, 6.07) is 7.51. The summed E-state index contributed by atoms with van der Waals surface area (Å²) >= 11 is 0. The van der Waals surface area contributed by atoms with E-state index < -0.39 is 5.97 Å². The van der Waals surface area contributed by atoms with Crippen LogP contribution in [0.5, 0.6) is 5.75 Å². The van der Waals surface area contributed by atoms with E-state index in [0.29, 0.717) is 6.54 Å². The van der Waals surface area contributed by atoms with Gasteiger partial charge in [0.15, 0.2) is 5.69 Å². The molecule has 24 heavy (non-hydrogen) atoms. The van der Waals surface area contributed by atoms with Crippen LogP contribution in [0.3, 0.4) is 0 Å². The van der Waals surface area contributed by atoms with Crippen molar-refractivity contribution >= 4 is 11.9 Å². The molecule has 0 atom stereocenters. The van der Waals surface area contributed by atoms with Crippen LogP contribution in [0.4, 0.5) is 0 Å². The van der Waals surface area contributed by atoms with Crippen LogP contribution in [-0.4, -0.2) is 45.0 Å². The third-order valence-corrected chi connectivity index (χ3v) is 3.13. The van der Waals surface area contributed by atoms with E-state index >= 15 is 0 Å². The van der Waals surface area contributed by atoms with Gasteiger partial charge in [-0.25, -0.2) is 14.8 Å². The van der Waals surface area contributed by atoms with Crippen molar-refractivity contribution in [3.05, 3.63) is 53.6 Å². The molecule has 7 heteroatoms. The van der Waals surface area contributed by atoms with E-state index in [1.54, 1.807) is 7.05 Å². The summed E-state index contributed by atoms with van der Waals surface area (Å²) < 4.78 is 5.64. The van der Waals surface area contributed by atoms with Gasteiger partial charge in [-0.15, -0.1) is 0 Å². The summed E-state index contributed by atoms with van der Waals surface area (Å²) in [4.78, 5) is 32.1. The number of carboxylic acids is 1. The molecule has 7 nitrogen and oxygen atoms in total. The maximum atomic E-state index is 12.3. The standard InChI is InChI=1S/C17H19N3O4/c1-11(2)24-13-6-4-5-12(7-13)10-20(3)16(21)14-8-19-15(9-18-14)17(22)23/h4-9,11H,10H2,1-3H3,(H,22,23). The number of aromatic nitrogens is 2. The van der Waals surface area contributed by atoms with Crippen molar-refractivity contribution in [3.63, 3.8) is 0 Å². The number of aromatic carboxylic acids is 1. The van der Waals surface area contributed by atoms with E-state index in [0.717, 1.165) is 17.5 Å². The molecule has 1 aromatic heterocycles. The summed E-state index contributed by atoms with van der Waals surface area (Å²) in [7, 11) is 1.64. The number of ether oxygens (including phenoxy) is 1. The average molecular weight is 329 g/mol. The van der Waals surface area contributed by atoms with E-state index in [4.69, 9.17) is 9.84 Å². The quantitative estimate of drug-likeness (QED) is 0.873. The highest BCUT2D eigenvalue weighted by Crippen LogP contribution is 2.16. The van der Waals surface area contributed by atoms with Crippen LogP contribution in [0, 0.1) is 0 Å². The normalized spacial score (nSPS) is 10.5. The van der Waals surface area contributed by atoms with Crippen molar-refractivity contribution in [1.29, 1.82) is 0 Å². The zero-order valence-electron chi connectivity index (χ0n) is 13.8. The Labute approximate surface area is 139 Å². The maximum Gasteiger partial charge on any atom is 0.356 e. The van der Waals surface area contributed by atoms with Crippen LogP contribution in [0.15, 0.2) is 36.7 Å². The summed E-state index contributed by atoms with van der Waals surface area (Å²) in [6.07, 6.45) is 2.31. The zero-order chi connectivity index (χ0) is 17.7. The second-order valence-electron chi connectivity index (χ2n) is 5.57. The number of carboxylic acid groups (broad SMARTS) is 1. The minimum absolute atomic E-state index is 0.0719. The lowest BCUT2D eigenvalue weighted by Gasteiger charge is -2.17. The topological polar surface area (TPSA) is 92.6 Å². The highest BCUT2D eigenvalue weighted by molar-refractivity contribution is 5.92. The molecule has 0 saturated heterocycles. The van der Waals surface area contributed by atoms with Gasteiger partial charge in [-0.3, -0.25) is 4.79 Å². The van der Waals surface area contributed by atoms with Crippen molar-refractivity contribution in [2.45, 2.75) is 26.5 Å². The summed E-state index contributed by atoms with van der Waals surface area (Å²) in [5.74, 6) is -0.777. The second-order valence-corrected chi connectivity index (χ2v) is 5.57. The molecule has 0 fully saturated rings. The molecule has 1 amide bonds. The molecular formula is C17H19N3O4. The fraction of sp³-hybridized carbons (Fsp3) is 0.294. The van der Waals surface area contributed by atoms with E-state index in [1.165, 1.54) is 11.1 Å². The Balaban J connectivity index is 2.07. The number of carbonyl (C=O) groups is 2. The lowest BCUT2D eigenvalue weighted by Crippen LogP contribution is -2.27. The van der Waals surface area contributed by atoms with Crippen molar-refractivity contribution in [3.8, 4) is 5.75 Å².